The molecule has 6 rings (SSSR count). The Labute approximate surface area is 237 Å². The van der Waals surface area contributed by atoms with E-state index in [2.05, 4.69) is 11.0 Å². The lowest BCUT2D eigenvalue weighted by Crippen LogP contribution is -2.51. The monoisotopic (exact) mass is 551 g/mol. The van der Waals surface area contributed by atoms with Crippen molar-refractivity contribution in [1.82, 2.24) is 9.80 Å². The molecule has 1 aromatic carbocycles. The molecule has 2 unspecified atom stereocenters. The fraction of sp³-hybridized carbons (Fsp3) is 0.719. The number of ether oxygens (including phenoxy) is 2. The molecule has 8 heteroatoms. The Bertz CT molecular complexity index is 1170. The van der Waals surface area contributed by atoms with Crippen molar-refractivity contribution in [3.63, 3.8) is 0 Å². The molecule has 7 nitrogen and oxygen atoms in total. The summed E-state index contributed by atoms with van der Waals surface area (Å²) in [4.78, 5) is 30.6. The van der Waals surface area contributed by atoms with Crippen LogP contribution in [0.1, 0.15) is 76.3 Å². The summed E-state index contributed by atoms with van der Waals surface area (Å²) >= 11 is 0. The van der Waals surface area contributed by atoms with Gasteiger partial charge in [0.15, 0.2) is 5.78 Å². The highest BCUT2D eigenvalue weighted by atomic mass is 19.1. The normalized spacial score (nSPS) is 32.5. The van der Waals surface area contributed by atoms with E-state index in [4.69, 9.17) is 9.47 Å². The van der Waals surface area contributed by atoms with Gasteiger partial charge in [-0.2, -0.15) is 5.26 Å². The summed E-state index contributed by atoms with van der Waals surface area (Å²) in [6.07, 6.45) is 4.54. The maximum absolute atomic E-state index is 15.3. The van der Waals surface area contributed by atoms with Crippen molar-refractivity contribution in [3.8, 4) is 6.07 Å². The van der Waals surface area contributed by atoms with E-state index in [0.717, 1.165) is 64.0 Å². The zero-order chi connectivity index (χ0) is 28.2. The van der Waals surface area contributed by atoms with Crippen LogP contribution in [-0.4, -0.2) is 71.7 Å². The summed E-state index contributed by atoms with van der Waals surface area (Å²) in [6, 6.07) is 7.80. The summed E-state index contributed by atoms with van der Waals surface area (Å²) in [5.74, 6) is 0.803. The maximum Gasteiger partial charge on any atom is 0.411 e. The predicted octanol–water partition coefficient (Wildman–Crippen LogP) is 5.08. The van der Waals surface area contributed by atoms with E-state index in [9.17, 15) is 14.9 Å². The van der Waals surface area contributed by atoms with Crippen molar-refractivity contribution in [2.24, 2.45) is 23.7 Å². The first-order valence-corrected chi connectivity index (χ1v) is 15.1. The lowest BCUT2D eigenvalue weighted by atomic mass is 9.87. The van der Waals surface area contributed by atoms with Gasteiger partial charge in [0, 0.05) is 25.6 Å². The molecular weight excluding hydrogens is 509 g/mol. The summed E-state index contributed by atoms with van der Waals surface area (Å²) < 4.78 is 26.3. The Morgan fingerprint density at radius 2 is 1.82 bits per heavy atom. The molecule has 0 N–H and O–H groups in total. The quantitative estimate of drug-likeness (QED) is 0.470. The summed E-state index contributed by atoms with van der Waals surface area (Å²) in [5, 5.41) is 9.89. The van der Waals surface area contributed by atoms with Crippen LogP contribution in [0.3, 0.4) is 0 Å². The largest absolute Gasteiger partial charge is 0.444 e. The highest BCUT2D eigenvalue weighted by molar-refractivity contribution is 5.89. The number of amides is 1. The third-order valence-electron chi connectivity index (χ3n) is 10.1. The van der Waals surface area contributed by atoms with Crippen LogP contribution in [0.25, 0.3) is 0 Å². The zero-order valence-corrected chi connectivity index (χ0v) is 24.0. The van der Waals surface area contributed by atoms with Gasteiger partial charge in [-0.25, -0.2) is 9.18 Å². The number of carbonyl (C=O) groups excluding carboxylic acids is 2. The summed E-state index contributed by atoms with van der Waals surface area (Å²) in [7, 11) is 0. The van der Waals surface area contributed by atoms with Crippen LogP contribution in [0.4, 0.5) is 9.18 Å². The van der Waals surface area contributed by atoms with Crippen LogP contribution in [-0.2, 0) is 20.7 Å². The number of rotatable bonds is 7. The number of ketones is 1. The second-order valence-corrected chi connectivity index (χ2v) is 13.9. The Morgan fingerprint density at radius 3 is 2.42 bits per heavy atom. The number of Topliss-reactive ketones (excluding diaryl/α,β-unsaturated/α-hetero) is 1. The molecular formula is C32H42FN3O4. The number of piperidine rings is 1. The molecule has 1 aromatic rings. The molecule has 0 aromatic heterocycles. The smallest absolute Gasteiger partial charge is 0.411 e. The van der Waals surface area contributed by atoms with Gasteiger partial charge in [-0.15, -0.1) is 0 Å². The molecule has 3 aliphatic heterocycles. The van der Waals surface area contributed by atoms with E-state index < -0.39 is 23.7 Å². The topological polar surface area (TPSA) is 82.9 Å². The van der Waals surface area contributed by atoms with Gasteiger partial charge in [-0.05, 0) is 100 Å². The van der Waals surface area contributed by atoms with Gasteiger partial charge >= 0.3 is 6.09 Å². The number of likely N-dealkylation sites (tertiary alicyclic amines) is 2. The molecule has 1 amide bonds. The van der Waals surface area contributed by atoms with Crippen molar-refractivity contribution in [2.75, 3.05) is 26.3 Å². The lowest BCUT2D eigenvalue weighted by molar-refractivity contribution is -0.126. The van der Waals surface area contributed by atoms with Gasteiger partial charge < -0.3 is 9.47 Å². The van der Waals surface area contributed by atoms with E-state index in [1.807, 2.05) is 32.9 Å². The van der Waals surface area contributed by atoms with E-state index in [1.165, 1.54) is 0 Å². The number of hydrogen-bond acceptors (Lipinski definition) is 6. The Kier molecular flexibility index (Phi) is 7.41. The minimum Gasteiger partial charge on any atom is -0.444 e. The summed E-state index contributed by atoms with van der Waals surface area (Å²) in [6.45, 7) is 9.42. The number of hydrogen-bond donors (Lipinski definition) is 0. The van der Waals surface area contributed by atoms with Crippen molar-refractivity contribution < 1.29 is 23.5 Å². The van der Waals surface area contributed by atoms with Gasteiger partial charge in [0.05, 0.1) is 37.3 Å². The second-order valence-electron chi connectivity index (χ2n) is 13.9. The third kappa shape index (κ3) is 5.39. The summed E-state index contributed by atoms with van der Waals surface area (Å²) in [5.41, 5.74) is 0.886. The number of fused-ring (bicyclic) bond motifs is 3. The van der Waals surface area contributed by atoms with Crippen molar-refractivity contribution in [1.29, 1.82) is 5.26 Å². The SMILES string of the molecule is CC(C)(C)OC(=O)N1[C@@H]2CC[C@@H](C2)[C@H]1C(=O)C[C@H](C#N)Cc1ccc(C2CC3CN(C4COC4)CC3C2)cc1F. The Balaban J connectivity index is 1.07. The average molecular weight is 552 g/mol. The molecule has 2 bridgehead atoms. The van der Waals surface area contributed by atoms with Gasteiger partial charge in [0.1, 0.15) is 11.4 Å². The van der Waals surface area contributed by atoms with Crippen molar-refractivity contribution in [2.45, 2.75) is 95.4 Å². The fourth-order valence-corrected chi connectivity index (χ4v) is 8.10. The average Bonchev–Trinajstić information content (AvgIpc) is 3.62. The van der Waals surface area contributed by atoms with Crippen molar-refractivity contribution in [3.05, 3.63) is 35.1 Å². The van der Waals surface area contributed by atoms with Gasteiger partial charge in [-0.1, -0.05) is 12.1 Å². The molecule has 2 saturated carbocycles. The maximum atomic E-state index is 15.3. The first kappa shape index (κ1) is 27.7. The predicted molar refractivity (Wildman–Crippen MR) is 147 cm³/mol. The van der Waals surface area contributed by atoms with Crippen LogP contribution in [0.15, 0.2) is 18.2 Å². The van der Waals surface area contributed by atoms with E-state index in [0.29, 0.717) is 29.4 Å². The highest BCUT2D eigenvalue weighted by Gasteiger charge is 2.52. The molecule has 40 heavy (non-hydrogen) atoms. The van der Waals surface area contributed by atoms with Crippen LogP contribution in [0.5, 0.6) is 0 Å². The molecule has 3 heterocycles. The molecule has 0 radical (unpaired) electrons. The van der Waals surface area contributed by atoms with Crippen molar-refractivity contribution >= 4 is 11.9 Å². The molecule has 5 aliphatic rings. The Hall–Kier alpha value is -2.50. The standard InChI is InChI=1S/C32H42FN3O4/c1-32(2,3)40-31(38)36-26-7-6-22(12-26)30(36)29(37)9-19(14-34)8-21-5-4-20(13-28(21)33)23-10-24-15-35(16-25(24)11-23)27-17-39-18-27/h4-5,13,19,22-27,30H,6-12,15-18H2,1-3H3/t19-,22+,23?,24?,25?,26-,30+/m1/s1. The molecule has 6 atom stereocenters. The molecule has 0 spiro atoms. The lowest BCUT2D eigenvalue weighted by Gasteiger charge is -2.35. The molecule has 3 saturated heterocycles. The second kappa shape index (κ2) is 10.7. The Morgan fingerprint density at radius 1 is 1.10 bits per heavy atom. The van der Waals surface area contributed by atoms with E-state index in [-0.39, 0.29) is 36.4 Å². The first-order valence-electron chi connectivity index (χ1n) is 15.1. The van der Waals surface area contributed by atoms with E-state index in [1.54, 1.807) is 11.0 Å². The third-order valence-corrected chi connectivity index (χ3v) is 10.1. The zero-order valence-electron chi connectivity index (χ0n) is 24.0. The number of nitrogens with zero attached hydrogens (tertiary/aromatic N) is 3. The van der Waals surface area contributed by atoms with Gasteiger partial charge in [0.25, 0.3) is 0 Å². The highest BCUT2D eigenvalue weighted by Crippen LogP contribution is 2.47. The molecule has 216 valence electrons. The molecule has 2 aliphatic carbocycles. The molecule has 5 fully saturated rings. The minimum absolute atomic E-state index is 0.0133. The van der Waals surface area contributed by atoms with Crippen LogP contribution < -0.4 is 0 Å². The number of nitriles is 1. The van der Waals surface area contributed by atoms with Gasteiger partial charge in [-0.3, -0.25) is 14.6 Å². The number of benzene rings is 1. The van der Waals surface area contributed by atoms with Gasteiger partial charge in [0.2, 0.25) is 0 Å². The van der Waals surface area contributed by atoms with E-state index >= 15 is 4.39 Å². The number of carbonyl (C=O) groups is 2. The fourth-order valence-electron chi connectivity index (χ4n) is 8.10. The number of halogens is 1. The first-order chi connectivity index (χ1) is 19.1. The minimum atomic E-state index is -0.644. The van der Waals surface area contributed by atoms with Crippen LogP contribution >= 0.6 is 0 Å². The van der Waals surface area contributed by atoms with Crippen LogP contribution in [0.2, 0.25) is 0 Å². The van der Waals surface area contributed by atoms with Crippen LogP contribution in [0, 0.1) is 40.8 Å².